The number of carbonyl (C=O) groups is 1. The number of methoxy groups -OCH3 is 1. The summed E-state index contributed by atoms with van der Waals surface area (Å²) in [4.78, 5) is 29.6. The molecule has 3 aromatic rings. The molecule has 3 atom stereocenters. The van der Waals surface area contributed by atoms with Gasteiger partial charge in [0, 0.05) is 38.0 Å². The standard InChI is InChI=1S/C27H38N4O5/c1-8-21(15-35-7)31-23-10-9-19(13-28-24(18(5)32)27(34)36-16(2)3)12-22(23)29-25(31)20-11-17(4)26(33)30(6)14-20/h9-12,14,16,18,21,24,28,32H,8,13,15H2,1-7H3. The van der Waals surface area contributed by atoms with Crippen LogP contribution in [0.3, 0.4) is 0 Å². The lowest BCUT2D eigenvalue weighted by atomic mass is 10.1. The van der Waals surface area contributed by atoms with Crippen LogP contribution >= 0.6 is 0 Å². The van der Waals surface area contributed by atoms with Gasteiger partial charge in [0.05, 0.1) is 35.9 Å². The van der Waals surface area contributed by atoms with Gasteiger partial charge in [0.2, 0.25) is 0 Å². The Hall–Kier alpha value is -3.01. The van der Waals surface area contributed by atoms with Crippen molar-refractivity contribution in [3.05, 3.63) is 51.9 Å². The van der Waals surface area contributed by atoms with Gasteiger partial charge in [-0.1, -0.05) is 13.0 Å². The van der Waals surface area contributed by atoms with Gasteiger partial charge in [-0.2, -0.15) is 0 Å². The molecule has 0 saturated heterocycles. The molecule has 0 aliphatic carbocycles. The van der Waals surface area contributed by atoms with Crippen molar-refractivity contribution >= 4 is 17.0 Å². The highest BCUT2D eigenvalue weighted by Crippen LogP contribution is 2.30. The summed E-state index contributed by atoms with van der Waals surface area (Å²) in [5, 5.41) is 13.2. The Morgan fingerprint density at radius 2 is 1.94 bits per heavy atom. The van der Waals surface area contributed by atoms with Crippen LogP contribution in [0.4, 0.5) is 0 Å². The van der Waals surface area contributed by atoms with Gasteiger partial charge in [0.25, 0.3) is 5.56 Å². The number of nitrogens with zero attached hydrogens (tertiary/aromatic N) is 3. The lowest BCUT2D eigenvalue weighted by molar-refractivity contribution is -0.152. The Bertz CT molecular complexity index is 1230. The Morgan fingerprint density at radius 3 is 2.53 bits per heavy atom. The summed E-state index contributed by atoms with van der Waals surface area (Å²) in [5.74, 6) is 0.281. The smallest absolute Gasteiger partial charge is 0.326 e. The molecular weight excluding hydrogens is 460 g/mol. The quantitative estimate of drug-likeness (QED) is 0.391. The summed E-state index contributed by atoms with van der Waals surface area (Å²) in [6.07, 6.45) is 1.48. The number of nitrogens with one attached hydrogen (secondary N) is 1. The zero-order valence-corrected chi connectivity index (χ0v) is 22.2. The second-order valence-electron chi connectivity index (χ2n) is 9.56. The number of aliphatic hydroxyl groups is 1. The van der Waals surface area contributed by atoms with Crippen LogP contribution in [0.25, 0.3) is 22.4 Å². The maximum absolute atomic E-state index is 12.4. The molecular formula is C27H38N4O5. The normalized spacial score (nSPS) is 14.2. The molecule has 36 heavy (non-hydrogen) atoms. The molecule has 9 nitrogen and oxygen atoms in total. The molecule has 2 N–H and O–H groups in total. The first-order valence-corrected chi connectivity index (χ1v) is 12.4. The van der Waals surface area contributed by atoms with Crippen LogP contribution in [0.5, 0.6) is 0 Å². The second-order valence-corrected chi connectivity index (χ2v) is 9.56. The van der Waals surface area contributed by atoms with Crippen molar-refractivity contribution in [2.75, 3.05) is 13.7 Å². The number of pyridine rings is 1. The summed E-state index contributed by atoms with van der Waals surface area (Å²) in [7, 11) is 3.43. The fourth-order valence-electron chi connectivity index (χ4n) is 4.38. The summed E-state index contributed by atoms with van der Waals surface area (Å²) in [6, 6.07) is 7.06. The van der Waals surface area contributed by atoms with E-state index < -0.39 is 18.1 Å². The number of aryl methyl sites for hydroxylation is 2. The molecule has 0 spiro atoms. The molecule has 196 valence electrons. The van der Waals surface area contributed by atoms with Gasteiger partial charge >= 0.3 is 5.97 Å². The molecule has 9 heteroatoms. The zero-order chi connectivity index (χ0) is 26.6. The maximum atomic E-state index is 12.4. The average Bonchev–Trinajstić information content (AvgIpc) is 3.18. The molecule has 1 aromatic carbocycles. The zero-order valence-electron chi connectivity index (χ0n) is 22.2. The van der Waals surface area contributed by atoms with Crippen LogP contribution in [-0.4, -0.2) is 57.2 Å². The van der Waals surface area contributed by atoms with E-state index in [0.717, 1.165) is 34.4 Å². The first kappa shape index (κ1) is 27.6. The number of imidazole rings is 1. The topological polar surface area (TPSA) is 108 Å². The van der Waals surface area contributed by atoms with Gasteiger partial charge in [0.1, 0.15) is 11.9 Å². The van der Waals surface area contributed by atoms with Gasteiger partial charge in [-0.3, -0.25) is 14.9 Å². The molecule has 2 heterocycles. The number of fused-ring (bicyclic) bond motifs is 1. The van der Waals surface area contributed by atoms with Crippen LogP contribution in [-0.2, 0) is 27.9 Å². The molecule has 0 aliphatic rings. The monoisotopic (exact) mass is 498 g/mol. The molecule has 0 amide bonds. The van der Waals surface area contributed by atoms with Crippen LogP contribution in [0, 0.1) is 6.92 Å². The molecule has 2 aromatic heterocycles. The van der Waals surface area contributed by atoms with Crippen molar-refractivity contribution in [2.45, 2.75) is 71.9 Å². The van der Waals surface area contributed by atoms with Crippen molar-refractivity contribution < 1.29 is 19.4 Å². The van der Waals surface area contributed by atoms with Gasteiger partial charge in [-0.25, -0.2) is 4.98 Å². The Labute approximate surface area is 212 Å². The number of hydrogen-bond acceptors (Lipinski definition) is 7. The molecule has 0 aliphatic heterocycles. The third-order valence-corrected chi connectivity index (χ3v) is 6.18. The fraction of sp³-hybridized carbons (Fsp3) is 0.519. The van der Waals surface area contributed by atoms with E-state index in [9.17, 15) is 14.7 Å². The predicted molar refractivity (Wildman–Crippen MR) is 140 cm³/mol. The maximum Gasteiger partial charge on any atom is 0.326 e. The number of hydrogen-bond donors (Lipinski definition) is 2. The molecule has 0 saturated carbocycles. The van der Waals surface area contributed by atoms with Crippen LogP contribution in [0.15, 0.2) is 35.3 Å². The van der Waals surface area contributed by atoms with E-state index in [4.69, 9.17) is 14.5 Å². The minimum Gasteiger partial charge on any atom is -0.462 e. The Balaban J connectivity index is 2.03. The number of ether oxygens (including phenoxy) is 2. The molecule has 3 unspecified atom stereocenters. The number of aliphatic hydroxyl groups excluding tert-OH is 1. The van der Waals surface area contributed by atoms with Crippen LogP contribution < -0.4 is 10.9 Å². The summed E-state index contributed by atoms with van der Waals surface area (Å²) in [6.45, 7) is 9.91. The summed E-state index contributed by atoms with van der Waals surface area (Å²) < 4.78 is 14.5. The highest BCUT2D eigenvalue weighted by molar-refractivity contribution is 5.82. The van der Waals surface area contributed by atoms with E-state index in [2.05, 4.69) is 16.8 Å². The SMILES string of the molecule is CCC(COC)n1c(-c2cc(C)c(=O)n(C)c2)nc2cc(CNC(C(=O)OC(C)C)C(C)O)ccc21. The Morgan fingerprint density at radius 1 is 1.22 bits per heavy atom. The largest absolute Gasteiger partial charge is 0.462 e. The minimum absolute atomic E-state index is 0.0395. The fourth-order valence-corrected chi connectivity index (χ4v) is 4.38. The van der Waals surface area contributed by atoms with E-state index >= 15 is 0 Å². The first-order valence-electron chi connectivity index (χ1n) is 12.4. The second kappa shape index (κ2) is 11.8. The van der Waals surface area contributed by atoms with Crippen molar-refractivity contribution in [1.29, 1.82) is 0 Å². The summed E-state index contributed by atoms with van der Waals surface area (Å²) in [5.41, 5.74) is 4.13. The van der Waals surface area contributed by atoms with E-state index in [1.54, 1.807) is 46.4 Å². The predicted octanol–water partition coefficient (Wildman–Crippen LogP) is 3.10. The third kappa shape index (κ3) is 6.03. The van der Waals surface area contributed by atoms with E-state index in [0.29, 0.717) is 18.7 Å². The van der Waals surface area contributed by atoms with Crippen molar-refractivity contribution in [3.63, 3.8) is 0 Å². The van der Waals surface area contributed by atoms with Crippen molar-refractivity contribution in [2.24, 2.45) is 7.05 Å². The molecule has 0 radical (unpaired) electrons. The van der Waals surface area contributed by atoms with E-state index in [1.165, 1.54) is 0 Å². The third-order valence-electron chi connectivity index (χ3n) is 6.18. The number of esters is 1. The van der Waals surface area contributed by atoms with Crippen molar-refractivity contribution in [1.82, 2.24) is 19.4 Å². The minimum atomic E-state index is -0.905. The van der Waals surface area contributed by atoms with E-state index in [-0.39, 0.29) is 17.7 Å². The number of benzene rings is 1. The average molecular weight is 499 g/mol. The lowest BCUT2D eigenvalue weighted by Gasteiger charge is -2.21. The summed E-state index contributed by atoms with van der Waals surface area (Å²) >= 11 is 0. The molecule has 0 fully saturated rings. The molecule has 0 bridgehead atoms. The first-order chi connectivity index (χ1) is 17.1. The number of carbonyl (C=O) groups excluding carboxylic acids is 1. The molecule has 3 rings (SSSR count). The van der Waals surface area contributed by atoms with E-state index in [1.807, 2.05) is 30.5 Å². The number of rotatable bonds is 11. The van der Waals surface area contributed by atoms with Gasteiger partial charge < -0.3 is 23.7 Å². The van der Waals surface area contributed by atoms with Crippen LogP contribution in [0.2, 0.25) is 0 Å². The number of aromatic nitrogens is 3. The Kier molecular flexibility index (Phi) is 9.05. The van der Waals surface area contributed by atoms with Crippen LogP contribution in [0.1, 0.15) is 51.3 Å². The van der Waals surface area contributed by atoms with Gasteiger partial charge in [0.15, 0.2) is 0 Å². The lowest BCUT2D eigenvalue weighted by Crippen LogP contribution is -2.46. The van der Waals surface area contributed by atoms with Gasteiger partial charge in [-0.15, -0.1) is 0 Å². The highest BCUT2D eigenvalue weighted by atomic mass is 16.5. The van der Waals surface area contributed by atoms with Gasteiger partial charge in [-0.05, 0) is 57.9 Å². The highest BCUT2D eigenvalue weighted by Gasteiger charge is 2.26. The van der Waals surface area contributed by atoms with Crippen molar-refractivity contribution in [3.8, 4) is 11.4 Å².